The summed E-state index contributed by atoms with van der Waals surface area (Å²) in [4.78, 5) is 12.7. The molecule has 3 aromatic carbocycles. The zero-order valence-electron chi connectivity index (χ0n) is 16.8. The molecule has 0 bridgehead atoms. The van der Waals surface area contributed by atoms with E-state index in [-0.39, 0.29) is 5.91 Å². The van der Waals surface area contributed by atoms with E-state index in [0.29, 0.717) is 30.2 Å². The molecule has 0 radical (unpaired) electrons. The van der Waals surface area contributed by atoms with Gasteiger partial charge in [0.15, 0.2) is 0 Å². The molecule has 0 fully saturated rings. The molecule has 0 unspecified atom stereocenters. The van der Waals surface area contributed by atoms with Gasteiger partial charge in [-0.25, -0.2) is 0 Å². The van der Waals surface area contributed by atoms with Crippen molar-refractivity contribution >= 4 is 11.6 Å². The fourth-order valence-electron chi connectivity index (χ4n) is 2.90. The van der Waals surface area contributed by atoms with Crippen molar-refractivity contribution in [2.45, 2.75) is 26.2 Å². The first-order valence-electron chi connectivity index (χ1n) is 10.1. The SMILES string of the molecule is CCCCOc1ccccc1C(=O)Nc1cccc(OCCc2ccccc2)c1. The lowest BCUT2D eigenvalue weighted by Gasteiger charge is -2.12. The molecule has 0 atom stereocenters. The monoisotopic (exact) mass is 389 g/mol. The number of benzene rings is 3. The number of rotatable bonds is 10. The second-order valence-electron chi connectivity index (χ2n) is 6.76. The molecule has 4 nitrogen and oxygen atoms in total. The Morgan fingerprint density at radius 2 is 1.66 bits per heavy atom. The van der Waals surface area contributed by atoms with E-state index in [1.165, 1.54) is 5.56 Å². The van der Waals surface area contributed by atoms with Crippen LogP contribution < -0.4 is 14.8 Å². The Hall–Kier alpha value is -3.27. The molecule has 0 aliphatic rings. The number of nitrogens with one attached hydrogen (secondary N) is 1. The van der Waals surface area contributed by atoms with E-state index in [1.807, 2.05) is 60.7 Å². The van der Waals surface area contributed by atoms with Crippen LogP contribution in [-0.4, -0.2) is 19.1 Å². The van der Waals surface area contributed by atoms with Crippen LogP contribution in [0.25, 0.3) is 0 Å². The normalized spacial score (nSPS) is 10.4. The molecule has 29 heavy (non-hydrogen) atoms. The molecule has 0 aliphatic carbocycles. The second-order valence-corrected chi connectivity index (χ2v) is 6.76. The van der Waals surface area contributed by atoms with E-state index in [2.05, 4.69) is 24.4 Å². The van der Waals surface area contributed by atoms with Gasteiger partial charge in [-0.05, 0) is 36.2 Å². The predicted octanol–water partition coefficient (Wildman–Crippen LogP) is 5.74. The van der Waals surface area contributed by atoms with Gasteiger partial charge in [-0.15, -0.1) is 0 Å². The number of unbranched alkanes of at least 4 members (excludes halogenated alkanes) is 1. The molecule has 150 valence electrons. The number of carbonyl (C=O) groups is 1. The zero-order valence-corrected chi connectivity index (χ0v) is 16.8. The van der Waals surface area contributed by atoms with Gasteiger partial charge in [0.05, 0.1) is 18.8 Å². The second kappa shape index (κ2) is 10.9. The number of amides is 1. The highest BCUT2D eigenvalue weighted by Gasteiger charge is 2.12. The van der Waals surface area contributed by atoms with Crippen molar-refractivity contribution in [3.63, 3.8) is 0 Å². The van der Waals surface area contributed by atoms with Gasteiger partial charge in [0.25, 0.3) is 5.91 Å². The average molecular weight is 389 g/mol. The highest BCUT2D eigenvalue weighted by atomic mass is 16.5. The summed E-state index contributed by atoms with van der Waals surface area (Å²) in [6.45, 7) is 3.29. The molecule has 0 saturated carbocycles. The largest absolute Gasteiger partial charge is 0.493 e. The van der Waals surface area contributed by atoms with Gasteiger partial charge in [-0.1, -0.05) is 61.9 Å². The molecule has 4 heteroatoms. The summed E-state index contributed by atoms with van der Waals surface area (Å²) in [6.07, 6.45) is 2.84. The third-order valence-electron chi connectivity index (χ3n) is 4.48. The minimum Gasteiger partial charge on any atom is -0.493 e. The van der Waals surface area contributed by atoms with Gasteiger partial charge in [-0.2, -0.15) is 0 Å². The topological polar surface area (TPSA) is 47.6 Å². The summed E-state index contributed by atoms with van der Waals surface area (Å²) in [5, 5.41) is 2.94. The standard InChI is InChI=1S/C25H27NO3/c1-2-3-17-29-24-15-8-7-14-23(24)25(27)26-21-12-9-13-22(19-21)28-18-16-20-10-5-4-6-11-20/h4-15,19H,2-3,16-18H2,1H3,(H,26,27). The minimum absolute atomic E-state index is 0.196. The Morgan fingerprint density at radius 1 is 0.862 bits per heavy atom. The first kappa shape index (κ1) is 20.5. The van der Waals surface area contributed by atoms with E-state index in [0.717, 1.165) is 25.0 Å². The fraction of sp³-hybridized carbons (Fsp3) is 0.240. The smallest absolute Gasteiger partial charge is 0.259 e. The van der Waals surface area contributed by atoms with Crippen molar-refractivity contribution in [2.75, 3.05) is 18.5 Å². The van der Waals surface area contributed by atoms with Gasteiger partial charge in [-0.3, -0.25) is 4.79 Å². The lowest BCUT2D eigenvalue weighted by molar-refractivity contribution is 0.102. The molecular weight excluding hydrogens is 362 g/mol. The van der Waals surface area contributed by atoms with Gasteiger partial charge < -0.3 is 14.8 Å². The van der Waals surface area contributed by atoms with Crippen LogP contribution in [0.15, 0.2) is 78.9 Å². The summed E-state index contributed by atoms with van der Waals surface area (Å²) in [5.41, 5.74) is 2.45. The Bertz CT molecular complexity index is 909. The highest BCUT2D eigenvalue weighted by Crippen LogP contribution is 2.22. The Labute approximate surface area is 172 Å². The Morgan fingerprint density at radius 3 is 2.48 bits per heavy atom. The minimum atomic E-state index is -0.196. The molecule has 0 spiro atoms. The molecule has 3 rings (SSSR count). The summed E-state index contributed by atoms with van der Waals surface area (Å²) >= 11 is 0. The molecular formula is C25H27NO3. The molecule has 0 aliphatic heterocycles. The van der Waals surface area contributed by atoms with E-state index in [4.69, 9.17) is 9.47 Å². The van der Waals surface area contributed by atoms with Crippen LogP contribution >= 0.6 is 0 Å². The number of hydrogen-bond acceptors (Lipinski definition) is 3. The van der Waals surface area contributed by atoms with Crippen molar-refractivity contribution < 1.29 is 14.3 Å². The van der Waals surface area contributed by atoms with E-state index < -0.39 is 0 Å². The quantitative estimate of drug-likeness (QED) is 0.450. The van der Waals surface area contributed by atoms with Crippen molar-refractivity contribution in [3.05, 3.63) is 90.0 Å². The van der Waals surface area contributed by atoms with Crippen molar-refractivity contribution in [1.29, 1.82) is 0 Å². The number of ether oxygens (including phenoxy) is 2. The number of carbonyl (C=O) groups excluding carboxylic acids is 1. The molecule has 1 amide bonds. The zero-order chi connectivity index (χ0) is 20.3. The van der Waals surface area contributed by atoms with Crippen LogP contribution in [0.1, 0.15) is 35.7 Å². The number of para-hydroxylation sites is 1. The molecule has 0 saturated heterocycles. The summed E-state index contributed by atoms with van der Waals surface area (Å²) in [7, 11) is 0. The van der Waals surface area contributed by atoms with Crippen molar-refractivity contribution in [2.24, 2.45) is 0 Å². The third kappa shape index (κ3) is 6.39. The first-order valence-corrected chi connectivity index (χ1v) is 10.1. The Kier molecular flexibility index (Phi) is 7.70. The maximum atomic E-state index is 12.7. The van der Waals surface area contributed by atoms with Crippen LogP contribution in [0.5, 0.6) is 11.5 Å². The molecule has 0 aromatic heterocycles. The third-order valence-corrected chi connectivity index (χ3v) is 4.48. The molecule has 0 heterocycles. The summed E-state index contributed by atoms with van der Waals surface area (Å²) in [5.74, 6) is 1.14. The van der Waals surface area contributed by atoms with Gasteiger partial charge >= 0.3 is 0 Å². The highest BCUT2D eigenvalue weighted by molar-refractivity contribution is 6.06. The van der Waals surface area contributed by atoms with Crippen LogP contribution in [0.2, 0.25) is 0 Å². The van der Waals surface area contributed by atoms with Crippen molar-refractivity contribution in [3.8, 4) is 11.5 Å². The maximum Gasteiger partial charge on any atom is 0.259 e. The Balaban J connectivity index is 1.59. The first-order chi connectivity index (χ1) is 14.3. The van der Waals surface area contributed by atoms with Crippen LogP contribution in [0.3, 0.4) is 0 Å². The van der Waals surface area contributed by atoms with Crippen LogP contribution in [-0.2, 0) is 6.42 Å². The van der Waals surface area contributed by atoms with E-state index in [1.54, 1.807) is 6.07 Å². The lowest BCUT2D eigenvalue weighted by atomic mass is 10.1. The maximum absolute atomic E-state index is 12.7. The summed E-state index contributed by atoms with van der Waals surface area (Å²) < 4.78 is 11.6. The van der Waals surface area contributed by atoms with Gasteiger partial charge in [0, 0.05) is 18.2 Å². The van der Waals surface area contributed by atoms with Gasteiger partial charge in [0.2, 0.25) is 0 Å². The fourth-order valence-corrected chi connectivity index (χ4v) is 2.90. The van der Waals surface area contributed by atoms with Crippen LogP contribution in [0.4, 0.5) is 5.69 Å². The van der Waals surface area contributed by atoms with Gasteiger partial charge in [0.1, 0.15) is 11.5 Å². The molecule has 3 aromatic rings. The predicted molar refractivity (Wildman–Crippen MR) is 117 cm³/mol. The van der Waals surface area contributed by atoms with Crippen molar-refractivity contribution in [1.82, 2.24) is 0 Å². The van der Waals surface area contributed by atoms with E-state index >= 15 is 0 Å². The molecule has 1 N–H and O–H groups in total. The lowest BCUT2D eigenvalue weighted by Crippen LogP contribution is -2.14. The summed E-state index contributed by atoms with van der Waals surface area (Å²) in [6, 6.07) is 25.0. The van der Waals surface area contributed by atoms with Crippen LogP contribution in [0, 0.1) is 0 Å². The van der Waals surface area contributed by atoms with E-state index in [9.17, 15) is 4.79 Å². The number of hydrogen-bond donors (Lipinski definition) is 1. The number of anilines is 1. The average Bonchev–Trinajstić information content (AvgIpc) is 2.75.